The van der Waals surface area contributed by atoms with Gasteiger partial charge in [-0.15, -0.1) is 24.3 Å². The average molecular weight is 392 g/mol. The van der Waals surface area contributed by atoms with E-state index >= 15 is 0 Å². The molecule has 0 spiro atoms. The lowest BCUT2D eigenvalue weighted by Crippen LogP contribution is -2.44. The molecule has 0 radical (unpaired) electrons. The molecule has 0 amide bonds. The van der Waals surface area contributed by atoms with Crippen LogP contribution in [0.4, 0.5) is 0 Å². The van der Waals surface area contributed by atoms with Gasteiger partial charge in [0.25, 0.3) is 0 Å². The third kappa shape index (κ3) is 6.31. The maximum Gasteiger partial charge on any atom is 0.146 e. The number of rotatable bonds is 9. The van der Waals surface area contributed by atoms with Crippen LogP contribution >= 0.6 is 0 Å². The van der Waals surface area contributed by atoms with Crippen LogP contribution < -0.4 is 0 Å². The van der Waals surface area contributed by atoms with Crippen molar-refractivity contribution in [1.82, 2.24) is 4.90 Å². The normalized spacial score (nSPS) is 12.6. The summed E-state index contributed by atoms with van der Waals surface area (Å²) in [6.45, 7) is 15.5. The molecule has 0 aliphatic heterocycles. The maximum atomic E-state index is 5.70. The van der Waals surface area contributed by atoms with Crippen LogP contribution in [0.1, 0.15) is 59.9 Å². The number of benzene rings is 1. The second-order valence-corrected chi connectivity index (χ2v) is 14.1. The van der Waals surface area contributed by atoms with E-state index in [9.17, 15) is 0 Å². The Balaban J connectivity index is 3.30. The highest BCUT2D eigenvalue weighted by atomic mass is 28.3. The van der Waals surface area contributed by atoms with Crippen molar-refractivity contribution < 1.29 is 0 Å². The summed E-state index contributed by atoms with van der Waals surface area (Å²) in [6.07, 6.45) is 12.9. The first-order valence-electron chi connectivity index (χ1n) is 10.5. The van der Waals surface area contributed by atoms with Crippen molar-refractivity contribution in [3.05, 3.63) is 35.9 Å². The molecule has 0 saturated heterocycles. The minimum atomic E-state index is -1.78. The highest BCUT2D eigenvalue weighted by Crippen LogP contribution is 2.40. The van der Waals surface area contributed by atoms with E-state index in [2.05, 4.69) is 94.0 Å². The summed E-state index contributed by atoms with van der Waals surface area (Å²) in [5.41, 5.74) is 6.97. The fourth-order valence-corrected chi connectivity index (χ4v) is 9.70. The third-order valence-corrected chi connectivity index (χ3v) is 12.2. The van der Waals surface area contributed by atoms with Crippen LogP contribution in [0.25, 0.3) is 0 Å². The standard InChI is InChI=1S/C26H37NSi/c1-9-11-17-26(18-20-28(22(3)4,23(5)6)24(7)8)27(19-10-2)21-25-15-13-12-14-16-25/h1-2,12-16,22-24,26H,11,17,19,21H2,3-8H3. The van der Waals surface area contributed by atoms with E-state index in [-0.39, 0.29) is 6.04 Å². The Morgan fingerprint density at radius 2 is 1.46 bits per heavy atom. The van der Waals surface area contributed by atoms with Gasteiger partial charge in [-0.3, -0.25) is 4.90 Å². The summed E-state index contributed by atoms with van der Waals surface area (Å²) in [5.74, 6) is 9.31. The quantitative estimate of drug-likeness (QED) is 0.362. The van der Waals surface area contributed by atoms with Gasteiger partial charge in [-0.2, -0.15) is 0 Å². The van der Waals surface area contributed by atoms with Crippen LogP contribution in [0.3, 0.4) is 0 Å². The molecule has 0 heterocycles. The van der Waals surface area contributed by atoms with E-state index in [1.54, 1.807) is 0 Å². The molecule has 0 aliphatic rings. The van der Waals surface area contributed by atoms with Crippen LogP contribution in [-0.2, 0) is 6.54 Å². The van der Waals surface area contributed by atoms with E-state index in [1.807, 2.05) is 6.07 Å². The van der Waals surface area contributed by atoms with Crippen molar-refractivity contribution in [2.45, 2.75) is 83.6 Å². The van der Waals surface area contributed by atoms with E-state index < -0.39 is 8.07 Å². The molecule has 1 aromatic carbocycles. The first-order valence-corrected chi connectivity index (χ1v) is 12.7. The fourth-order valence-electron chi connectivity index (χ4n) is 4.42. The molecule has 2 heteroatoms. The van der Waals surface area contributed by atoms with E-state index in [1.165, 1.54) is 5.56 Å². The first-order chi connectivity index (χ1) is 13.3. The van der Waals surface area contributed by atoms with Crippen LogP contribution in [0.2, 0.25) is 16.6 Å². The van der Waals surface area contributed by atoms with Crippen molar-refractivity contribution in [2.75, 3.05) is 6.54 Å². The summed E-state index contributed by atoms with van der Waals surface area (Å²) in [7, 11) is -1.78. The Morgan fingerprint density at radius 3 is 1.93 bits per heavy atom. The molecule has 0 aliphatic carbocycles. The Labute approximate surface area is 175 Å². The Morgan fingerprint density at radius 1 is 0.893 bits per heavy atom. The largest absolute Gasteiger partial charge is 0.274 e. The van der Waals surface area contributed by atoms with Crippen molar-refractivity contribution in [2.24, 2.45) is 0 Å². The van der Waals surface area contributed by atoms with Gasteiger partial charge in [0, 0.05) is 13.0 Å². The van der Waals surface area contributed by atoms with Gasteiger partial charge in [-0.25, -0.2) is 0 Å². The molecular formula is C26H37NSi. The van der Waals surface area contributed by atoms with Gasteiger partial charge in [0.15, 0.2) is 0 Å². The smallest absolute Gasteiger partial charge is 0.146 e. The zero-order chi connectivity index (χ0) is 21.2. The number of nitrogens with zero attached hydrogens (tertiary/aromatic N) is 1. The van der Waals surface area contributed by atoms with Crippen molar-refractivity contribution in [3.8, 4) is 36.2 Å². The molecule has 150 valence electrons. The summed E-state index contributed by atoms with van der Waals surface area (Å²) < 4.78 is 0. The lowest BCUT2D eigenvalue weighted by Gasteiger charge is -2.38. The van der Waals surface area contributed by atoms with Crippen molar-refractivity contribution in [1.29, 1.82) is 0 Å². The Kier molecular flexibility index (Phi) is 10.2. The van der Waals surface area contributed by atoms with Crippen LogP contribution in [0.15, 0.2) is 30.3 Å². The zero-order valence-electron chi connectivity index (χ0n) is 18.6. The molecule has 1 nitrogen and oxygen atoms in total. The average Bonchev–Trinajstić information content (AvgIpc) is 2.64. The van der Waals surface area contributed by atoms with E-state index in [4.69, 9.17) is 12.8 Å². The number of hydrogen-bond acceptors (Lipinski definition) is 1. The van der Waals surface area contributed by atoms with E-state index in [0.29, 0.717) is 23.2 Å². The Hall–Kier alpha value is -1.92. The summed E-state index contributed by atoms with van der Waals surface area (Å²) in [5, 5.41) is 0. The molecule has 28 heavy (non-hydrogen) atoms. The molecular weight excluding hydrogens is 354 g/mol. The first kappa shape index (κ1) is 24.1. The maximum absolute atomic E-state index is 5.70. The minimum Gasteiger partial charge on any atom is -0.274 e. The van der Waals surface area contributed by atoms with Crippen molar-refractivity contribution in [3.63, 3.8) is 0 Å². The van der Waals surface area contributed by atoms with Crippen LogP contribution in [-0.4, -0.2) is 25.6 Å². The van der Waals surface area contributed by atoms with Gasteiger partial charge < -0.3 is 0 Å². The predicted molar refractivity (Wildman–Crippen MR) is 126 cm³/mol. The number of terminal acetylenes is 2. The summed E-state index contributed by atoms with van der Waals surface area (Å²) in [4.78, 5) is 2.31. The molecule has 0 fully saturated rings. The van der Waals surface area contributed by atoms with Crippen LogP contribution in [0.5, 0.6) is 0 Å². The third-order valence-electron chi connectivity index (χ3n) is 5.85. The van der Waals surface area contributed by atoms with Gasteiger partial charge in [0.2, 0.25) is 0 Å². The minimum absolute atomic E-state index is 0.0930. The molecule has 0 N–H and O–H groups in total. The monoisotopic (exact) mass is 391 g/mol. The van der Waals surface area contributed by atoms with Gasteiger partial charge in [-0.1, -0.05) is 83.7 Å². The molecule has 0 aromatic heterocycles. The molecule has 1 aromatic rings. The molecule has 1 atom stereocenters. The molecule has 0 saturated carbocycles. The lowest BCUT2D eigenvalue weighted by atomic mass is 10.1. The molecule has 0 bridgehead atoms. The lowest BCUT2D eigenvalue weighted by molar-refractivity contribution is 0.247. The zero-order valence-corrected chi connectivity index (χ0v) is 19.6. The van der Waals surface area contributed by atoms with Crippen molar-refractivity contribution >= 4 is 8.07 Å². The summed E-state index contributed by atoms with van der Waals surface area (Å²) in [6, 6.07) is 10.6. The predicted octanol–water partition coefficient (Wildman–Crippen LogP) is 6.13. The van der Waals surface area contributed by atoms with Gasteiger partial charge in [0.05, 0.1) is 12.6 Å². The highest BCUT2D eigenvalue weighted by molar-refractivity contribution is 6.90. The second kappa shape index (κ2) is 11.8. The van der Waals surface area contributed by atoms with E-state index in [0.717, 1.165) is 19.4 Å². The van der Waals surface area contributed by atoms with Gasteiger partial charge in [0.1, 0.15) is 8.07 Å². The molecule has 1 rings (SSSR count). The number of hydrogen-bond donors (Lipinski definition) is 0. The SMILES string of the molecule is C#CCCC(C#C[Si](C(C)C)(C(C)C)C(C)C)N(CC#C)Cc1ccccc1. The van der Waals surface area contributed by atoms with Gasteiger partial charge in [-0.05, 0) is 28.6 Å². The molecule has 1 unspecified atom stereocenters. The van der Waals surface area contributed by atoms with Crippen LogP contribution in [0, 0.1) is 36.2 Å². The fraction of sp³-hybridized carbons (Fsp3) is 0.538. The second-order valence-electron chi connectivity index (χ2n) is 8.52. The van der Waals surface area contributed by atoms with Gasteiger partial charge >= 0.3 is 0 Å². The highest BCUT2D eigenvalue weighted by Gasteiger charge is 2.41. The Bertz CT molecular complexity index is 700. The summed E-state index contributed by atoms with van der Waals surface area (Å²) >= 11 is 0. The topological polar surface area (TPSA) is 3.24 Å².